The standard InChI is InChI=1S/C18H22FNO3/c19-15-3-1-2-12(10-15)8-9-20(16-6-7-16)17(21)13-4-5-14(11-13)18(22)23/h1-3,10,13-14,16H,4-9,11H2,(H,22,23)/t13-,14+/m0/s1. The van der Waals surface area contributed by atoms with Crippen molar-refractivity contribution in [2.45, 2.75) is 44.6 Å². The van der Waals surface area contributed by atoms with E-state index in [1.807, 2.05) is 11.0 Å². The van der Waals surface area contributed by atoms with Crippen molar-refractivity contribution < 1.29 is 19.1 Å². The number of carbonyl (C=O) groups is 2. The molecule has 4 nitrogen and oxygen atoms in total. The highest BCUT2D eigenvalue weighted by Crippen LogP contribution is 2.35. The molecule has 2 aliphatic rings. The van der Waals surface area contributed by atoms with Crippen molar-refractivity contribution in [3.05, 3.63) is 35.6 Å². The molecule has 0 spiro atoms. The maximum absolute atomic E-state index is 13.2. The van der Waals surface area contributed by atoms with Crippen LogP contribution in [0.2, 0.25) is 0 Å². The second-order valence-corrected chi connectivity index (χ2v) is 6.69. The number of hydrogen-bond donors (Lipinski definition) is 1. The lowest BCUT2D eigenvalue weighted by molar-refractivity contribution is -0.141. The molecule has 3 rings (SSSR count). The van der Waals surface area contributed by atoms with Crippen molar-refractivity contribution in [3.63, 3.8) is 0 Å². The van der Waals surface area contributed by atoms with Crippen LogP contribution in [-0.2, 0) is 16.0 Å². The summed E-state index contributed by atoms with van der Waals surface area (Å²) in [6, 6.07) is 6.76. The van der Waals surface area contributed by atoms with Gasteiger partial charge in [0.1, 0.15) is 5.82 Å². The second kappa shape index (κ2) is 6.69. The minimum absolute atomic E-state index is 0.0904. The minimum Gasteiger partial charge on any atom is -0.481 e. The van der Waals surface area contributed by atoms with Gasteiger partial charge in [-0.2, -0.15) is 0 Å². The third-order valence-corrected chi connectivity index (χ3v) is 4.93. The molecule has 23 heavy (non-hydrogen) atoms. The van der Waals surface area contributed by atoms with E-state index in [1.165, 1.54) is 12.1 Å². The maximum atomic E-state index is 13.2. The van der Waals surface area contributed by atoms with Crippen LogP contribution in [0.1, 0.15) is 37.7 Å². The molecule has 2 fully saturated rings. The molecule has 1 N–H and O–H groups in total. The lowest BCUT2D eigenvalue weighted by atomic mass is 10.0. The summed E-state index contributed by atoms with van der Waals surface area (Å²) in [7, 11) is 0. The summed E-state index contributed by atoms with van der Waals surface area (Å²) in [5, 5.41) is 9.09. The summed E-state index contributed by atoms with van der Waals surface area (Å²) >= 11 is 0. The number of carboxylic acid groups (broad SMARTS) is 1. The Morgan fingerprint density at radius 3 is 2.52 bits per heavy atom. The molecule has 2 aliphatic carbocycles. The van der Waals surface area contributed by atoms with Gasteiger partial charge in [-0.1, -0.05) is 12.1 Å². The number of hydrogen-bond acceptors (Lipinski definition) is 2. The lowest BCUT2D eigenvalue weighted by Crippen LogP contribution is -2.38. The third kappa shape index (κ3) is 3.89. The zero-order valence-electron chi connectivity index (χ0n) is 13.1. The number of carbonyl (C=O) groups excluding carboxylic acids is 1. The summed E-state index contributed by atoms with van der Waals surface area (Å²) in [6.45, 7) is 0.585. The minimum atomic E-state index is -0.793. The molecule has 1 aromatic rings. The zero-order valence-corrected chi connectivity index (χ0v) is 13.1. The number of halogens is 1. The molecule has 124 valence electrons. The van der Waals surface area contributed by atoms with Crippen LogP contribution in [0.3, 0.4) is 0 Å². The topological polar surface area (TPSA) is 57.6 Å². The predicted molar refractivity (Wildman–Crippen MR) is 83.3 cm³/mol. The lowest BCUT2D eigenvalue weighted by Gasteiger charge is -2.25. The summed E-state index contributed by atoms with van der Waals surface area (Å²) in [6.07, 6.45) is 4.38. The number of aliphatic carboxylic acids is 1. The Kier molecular flexibility index (Phi) is 4.64. The first-order valence-electron chi connectivity index (χ1n) is 8.32. The highest BCUT2D eigenvalue weighted by molar-refractivity contribution is 5.81. The van der Waals surface area contributed by atoms with Crippen LogP contribution < -0.4 is 0 Å². The highest BCUT2D eigenvalue weighted by Gasteiger charge is 2.40. The molecule has 0 radical (unpaired) electrons. The van der Waals surface area contributed by atoms with E-state index in [1.54, 1.807) is 6.07 Å². The Morgan fingerprint density at radius 2 is 1.91 bits per heavy atom. The van der Waals surface area contributed by atoms with E-state index in [2.05, 4.69) is 0 Å². The summed E-state index contributed by atoms with van der Waals surface area (Å²) < 4.78 is 13.2. The number of benzene rings is 1. The molecular formula is C18H22FNO3. The molecule has 0 aliphatic heterocycles. The van der Waals surface area contributed by atoms with Crippen LogP contribution in [0.4, 0.5) is 4.39 Å². The van der Waals surface area contributed by atoms with Gasteiger partial charge in [0, 0.05) is 18.5 Å². The quantitative estimate of drug-likeness (QED) is 0.877. The van der Waals surface area contributed by atoms with Crippen LogP contribution in [0.5, 0.6) is 0 Å². The summed E-state index contributed by atoms with van der Waals surface area (Å²) in [4.78, 5) is 25.7. The van der Waals surface area contributed by atoms with E-state index in [0.29, 0.717) is 38.3 Å². The molecular weight excluding hydrogens is 297 g/mol. The van der Waals surface area contributed by atoms with Crippen LogP contribution in [-0.4, -0.2) is 34.5 Å². The largest absolute Gasteiger partial charge is 0.481 e. The molecule has 2 saturated carbocycles. The number of rotatable bonds is 6. The number of amides is 1. The molecule has 1 amide bonds. The zero-order chi connectivity index (χ0) is 16.4. The fourth-order valence-electron chi connectivity index (χ4n) is 3.47. The van der Waals surface area contributed by atoms with E-state index in [0.717, 1.165) is 18.4 Å². The second-order valence-electron chi connectivity index (χ2n) is 6.69. The average Bonchev–Trinajstić information content (AvgIpc) is 3.22. The van der Waals surface area contributed by atoms with E-state index in [9.17, 15) is 14.0 Å². The van der Waals surface area contributed by atoms with Gasteiger partial charge in [-0.3, -0.25) is 9.59 Å². The van der Waals surface area contributed by atoms with E-state index < -0.39 is 5.97 Å². The molecule has 0 heterocycles. The van der Waals surface area contributed by atoms with E-state index >= 15 is 0 Å². The van der Waals surface area contributed by atoms with Crippen molar-refractivity contribution in [2.75, 3.05) is 6.54 Å². The fourth-order valence-corrected chi connectivity index (χ4v) is 3.47. The molecule has 0 bridgehead atoms. The van der Waals surface area contributed by atoms with Gasteiger partial charge in [-0.15, -0.1) is 0 Å². The molecule has 2 atom stereocenters. The van der Waals surface area contributed by atoms with Gasteiger partial charge < -0.3 is 10.0 Å². The van der Waals surface area contributed by atoms with Crippen molar-refractivity contribution >= 4 is 11.9 Å². The molecule has 0 saturated heterocycles. The Hall–Kier alpha value is -1.91. The predicted octanol–water partition coefficient (Wildman–Crippen LogP) is 2.86. The smallest absolute Gasteiger partial charge is 0.306 e. The van der Waals surface area contributed by atoms with Gasteiger partial charge >= 0.3 is 5.97 Å². The van der Waals surface area contributed by atoms with Crippen molar-refractivity contribution in [2.24, 2.45) is 11.8 Å². The summed E-state index contributed by atoms with van der Waals surface area (Å²) in [5.41, 5.74) is 0.887. The van der Waals surface area contributed by atoms with Crippen molar-refractivity contribution in [1.29, 1.82) is 0 Å². The van der Waals surface area contributed by atoms with E-state index in [-0.39, 0.29) is 23.6 Å². The van der Waals surface area contributed by atoms with Crippen LogP contribution >= 0.6 is 0 Å². The summed E-state index contributed by atoms with van der Waals surface area (Å²) in [5.74, 6) is -1.50. The van der Waals surface area contributed by atoms with Crippen molar-refractivity contribution in [3.8, 4) is 0 Å². The Morgan fingerprint density at radius 1 is 1.17 bits per heavy atom. The normalized spacial score (nSPS) is 23.7. The van der Waals surface area contributed by atoms with E-state index in [4.69, 9.17) is 5.11 Å². The van der Waals surface area contributed by atoms with Crippen LogP contribution in [0.25, 0.3) is 0 Å². The van der Waals surface area contributed by atoms with Gasteiger partial charge in [0.2, 0.25) is 5.91 Å². The van der Waals surface area contributed by atoms with Crippen LogP contribution in [0, 0.1) is 17.7 Å². The van der Waals surface area contributed by atoms with Crippen LogP contribution in [0.15, 0.2) is 24.3 Å². The monoisotopic (exact) mass is 319 g/mol. The number of carboxylic acids is 1. The first kappa shape index (κ1) is 16.0. The molecule has 1 aromatic carbocycles. The van der Waals surface area contributed by atoms with Gasteiger partial charge in [0.05, 0.1) is 5.92 Å². The molecule has 0 aromatic heterocycles. The first-order valence-corrected chi connectivity index (χ1v) is 8.32. The average molecular weight is 319 g/mol. The molecule has 0 unspecified atom stereocenters. The van der Waals surface area contributed by atoms with Gasteiger partial charge in [0.25, 0.3) is 0 Å². The fraction of sp³-hybridized carbons (Fsp3) is 0.556. The Labute approximate surface area is 135 Å². The highest BCUT2D eigenvalue weighted by atomic mass is 19.1. The third-order valence-electron chi connectivity index (χ3n) is 4.93. The maximum Gasteiger partial charge on any atom is 0.306 e. The Bertz CT molecular complexity index is 600. The molecule has 5 heteroatoms. The SMILES string of the molecule is O=C(O)[C@@H]1CC[C@H](C(=O)N(CCc2cccc(F)c2)C2CC2)C1. The van der Waals surface area contributed by atoms with Crippen molar-refractivity contribution in [1.82, 2.24) is 4.90 Å². The Balaban J connectivity index is 1.60. The van der Waals surface area contributed by atoms with Gasteiger partial charge in [0.15, 0.2) is 0 Å². The van der Waals surface area contributed by atoms with Gasteiger partial charge in [-0.05, 0) is 56.2 Å². The van der Waals surface area contributed by atoms with Gasteiger partial charge in [-0.25, -0.2) is 4.39 Å². The first-order chi connectivity index (χ1) is 11.0. The number of nitrogens with zero attached hydrogens (tertiary/aromatic N) is 1.